The molecule has 0 amide bonds. The fourth-order valence-electron chi connectivity index (χ4n) is 1.09. The average Bonchev–Trinajstić information content (AvgIpc) is 2.17. The van der Waals surface area contributed by atoms with E-state index in [-0.39, 0.29) is 16.7 Å². The first-order chi connectivity index (χ1) is 6.61. The molecule has 0 heterocycles. The zero-order valence-corrected chi connectivity index (χ0v) is 7.37. The van der Waals surface area contributed by atoms with E-state index in [0.717, 1.165) is 0 Å². The van der Waals surface area contributed by atoms with Gasteiger partial charge < -0.3 is 0 Å². The summed E-state index contributed by atoms with van der Waals surface area (Å²) in [5, 5.41) is 8.61. The van der Waals surface area contributed by atoms with Crippen LogP contribution in [0.3, 0.4) is 0 Å². The van der Waals surface area contributed by atoms with Crippen LogP contribution in [0.2, 0.25) is 0 Å². The van der Waals surface area contributed by atoms with E-state index in [0.29, 0.717) is 6.29 Å². The van der Waals surface area contributed by atoms with Gasteiger partial charge in [-0.05, 0) is 19.1 Å². The summed E-state index contributed by atoms with van der Waals surface area (Å²) in [6.45, 7) is 1.23. The quantitative estimate of drug-likeness (QED) is 0.528. The van der Waals surface area contributed by atoms with Crippen LogP contribution >= 0.6 is 0 Å². The van der Waals surface area contributed by atoms with Gasteiger partial charge >= 0.3 is 0 Å². The van der Waals surface area contributed by atoms with Gasteiger partial charge in [-0.3, -0.25) is 9.59 Å². The second kappa shape index (κ2) is 3.79. The number of hydrogen-bond donors (Lipinski definition) is 0. The molecule has 3 nitrogen and oxygen atoms in total. The Morgan fingerprint density at radius 2 is 2.21 bits per heavy atom. The molecule has 1 rings (SSSR count). The van der Waals surface area contributed by atoms with Crippen molar-refractivity contribution in [1.82, 2.24) is 0 Å². The fraction of sp³-hybridized carbons (Fsp3) is 0.100. The van der Waals surface area contributed by atoms with Gasteiger partial charge in [-0.2, -0.15) is 5.26 Å². The molecule has 0 aliphatic carbocycles. The van der Waals surface area contributed by atoms with Crippen LogP contribution in [-0.2, 0) is 0 Å². The molecule has 0 saturated heterocycles. The van der Waals surface area contributed by atoms with Gasteiger partial charge in [-0.25, -0.2) is 4.39 Å². The van der Waals surface area contributed by atoms with E-state index in [9.17, 15) is 14.0 Å². The van der Waals surface area contributed by atoms with Gasteiger partial charge in [0.2, 0.25) is 0 Å². The molecule has 0 aliphatic heterocycles. The number of carbonyl (C=O) groups is 2. The zero-order chi connectivity index (χ0) is 10.7. The van der Waals surface area contributed by atoms with Gasteiger partial charge in [0.05, 0.1) is 11.1 Å². The molecule has 0 aliphatic rings. The van der Waals surface area contributed by atoms with Crippen LogP contribution < -0.4 is 0 Å². The minimum Gasteiger partial charge on any atom is -0.298 e. The number of nitrogens with zero attached hydrogens (tertiary/aromatic N) is 1. The van der Waals surface area contributed by atoms with Crippen LogP contribution in [0.5, 0.6) is 0 Å². The van der Waals surface area contributed by atoms with Gasteiger partial charge in [-0.15, -0.1) is 0 Å². The molecule has 0 spiro atoms. The molecule has 1 aromatic carbocycles. The summed E-state index contributed by atoms with van der Waals surface area (Å²) >= 11 is 0. The molecule has 70 valence electrons. The Bertz CT molecular complexity index is 446. The lowest BCUT2D eigenvalue weighted by Gasteiger charge is -2.01. The molecule has 0 atom stereocenters. The number of carbonyl (C=O) groups excluding carboxylic acids is 2. The van der Waals surface area contributed by atoms with Crippen molar-refractivity contribution in [2.24, 2.45) is 0 Å². The summed E-state index contributed by atoms with van der Waals surface area (Å²) in [6, 6.07) is 4.02. The first kappa shape index (κ1) is 10.1. The third-order valence-electron chi connectivity index (χ3n) is 1.79. The van der Waals surface area contributed by atoms with Gasteiger partial charge in [-0.1, -0.05) is 0 Å². The Labute approximate surface area is 79.8 Å². The number of aldehydes is 1. The van der Waals surface area contributed by atoms with E-state index in [1.54, 1.807) is 6.07 Å². The molecular formula is C10H6FNO2. The van der Waals surface area contributed by atoms with Crippen molar-refractivity contribution in [1.29, 1.82) is 5.26 Å². The normalized spacial score (nSPS) is 9.21. The molecule has 0 saturated carbocycles. The predicted octanol–water partition coefficient (Wildman–Crippen LogP) is 1.71. The minimum atomic E-state index is -0.935. The highest BCUT2D eigenvalue weighted by atomic mass is 19.1. The molecule has 0 radical (unpaired) electrons. The maximum absolute atomic E-state index is 13.3. The smallest absolute Gasteiger partial charge is 0.161 e. The fourth-order valence-corrected chi connectivity index (χ4v) is 1.09. The molecule has 1 aromatic rings. The van der Waals surface area contributed by atoms with Crippen molar-refractivity contribution >= 4 is 12.1 Å². The summed E-state index contributed by atoms with van der Waals surface area (Å²) in [4.78, 5) is 21.3. The Hall–Kier alpha value is -2.02. The molecule has 0 aromatic heterocycles. The second-order valence-electron chi connectivity index (χ2n) is 2.68. The first-order valence-corrected chi connectivity index (χ1v) is 3.80. The van der Waals surface area contributed by atoms with Crippen molar-refractivity contribution < 1.29 is 14.0 Å². The summed E-state index contributed by atoms with van der Waals surface area (Å²) in [7, 11) is 0. The predicted molar refractivity (Wildman–Crippen MR) is 46.5 cm³/mol. The van der Waals surface area contributed by atoms with Crippen molar-refractivity contribution in [3.63, 3.8) is 0 Å². The van der Waals surface area contributed by atoms with Gasteiger partial charge in [0.25, 0.3) is 0 Å². The van der Waals surface area contributed by atoms with Gasteiger partial charge in [0.1, 0.15) is 6.07 Å². The summed E-state index contributed by atoms with van der Waals surface area (Å²) in [5.41, 5.74) is -0.593. The number of nitriles is 1. The van der Waals surface area contributed by atoms with E-state index < -0.39 is 11.6 Å². The van der Waals surface area contributed by atoms with E-state index in [1.807, 2.05) is 0 Å². The molecule has 0 unspecified atom stereocenters. The van der Waals surface area contributed by atoms with Crippen LogP contribution in [0.15, 0.2) is 12.1 Å². The Morgan fingerprint density at radius 3 is 2.64 bits per heavy atom. The third kappa shape index (κ3) is 1.52. The number of rotatable bonds is 2. The van der Waals surface area contributed by atoms with Crippen LogP contribution in [0.1, 0.15) is 33.2 Å². The molecule has 14 heavy (non-hydrogen) atoms. The molecular weight excluding hydrogens is 185 g/mol. The highest BCUT2D eigenvalue weighted by Gasteiger charge is 2.15. The maximum atomic E-state index is 13.3. The highest BCUT2D eigenvalue weighted by Crippen LogP contribution is 2.16. The van der Waals surface area contributed by atoms with E-state index in [2.05, 4.69) is 0 Å². The minimum absolute atomic E-state index is 0.00407. The van der Waals surface area contributed by atoms with E-state index >= 15 is 0 Å². The van der Waals surface area contributed by atoms with E-state index in [4.69, 9.17) is 5.26 Å². The van der Waals surface area contributed by atoms with Gasteiger partial charge in [0, 0.05) is 5.56 Å². The van der Waals surface area contributed by atoms with Crippen LogP contribution in [0, 0.1) is 17.1 Å². The lowest BCUT2D eigenvalue weighted by molar-refractivity contribution is 0.101. The van der Waals surface area contributed by atoms with Crippen LogP contribution in [0.25, 0.3) is 0 Å². The molecule has 0 N–H and O–H groups in total. The number of benzene rings is 1. The second-order valence-corrected chi connectivity index (χ2v) is 2.68. The number of hydrogen-bond acceptors (Lipinski definition) is 3. The van der Waals surface area contributed by atoms with Crippen molar-refractivity contribution in [2.75, 3.05) is 0 Å². The Morgan fingerprint density at radius 1 is 1.57 bits per heavy atom. The number of Topliss-reactive ketones (excluding diaryl/α,β-unsaturated/α-hetero) is 1. The monoisotopic (exact) mass is 191 g/mol. The van der Waals surface area contributed by atoms with Gasteiger partial charge in [0.15, 0.2) is 17.9 Å². The Kier molecular flexibility index (Phi) is 2.73. The van der Waals surface area contributed by atoms with Crippen LogP contribution in [-0.4, -0.2) is 12.1 Å². The Balaban J connectivity index is 3.53. The lowest BCUT2D eigenvalue weighted by Crippen LogP contribution is -2.02. The first-order valence-electron chi connectivity index (χ1n) is 3.80. The third-order valence-corrected chi connectivity index (χ3v) is 1.79. The number of ketones is 1. The summed E-state index contributed by atoms with van der Waals surface area (Å²) < 4.78 is 13.3. The molecule has 0 fully saturated rings. The van der Waals surface area contributed by atoms with E-state index in [1.165, 1.54) is 19.1 Å². The molecule has 4 heteroatoms. The zero-order valence-electron chi connectivity index (χ0n) is 7.37. The highest BCUT2D eigenvalue weighted by molar-refractivity contribution is 5.97. The average molecular weight is 191 g/mol. The topological polar surface area (TPSA) is 57.9 Å². The molecule has 0 bridgehead atoms. The SMILES string of the molecule is CC(=O)c1ccc(C=O)c(F)c1C#N. The van der Waals surface area contributed by atoms with Crippen molar-refractivity contribution in [2.45, 2.75) is 6.92 Å². The maximum Gasteiger partial charge on any atom is 0.161 e. The summed E-state index contributed by atoms with van der Waals surface area (Å²) in [5.74, 6) is -1.34. The standard InChI is InChI=1S/C10H6FNO2/c1-6(14)8-3-2-7(5-13)10(11)9(8)4-12/h2-3,5H,1H3. The summed E-state index contributed by atoms with van der Waals surface area (Å²) in [6.07, 6.45) is 0.306. The largest absolute Gasteiger partial charge is 0.298 e. The van der Waals surface area contributed by atoms with Crippen molar-refractivity contribution in [3.05, 3.63) is 34.6 Å². The lowest BCUT2D eigenvalue weighted by atomic mass is 10.0. The van der Waals surface area contributed by atoms with Crippen molar-refractivity contribution in [3.8, 4) is 6.07 Å². The van der Waals surface area contributed by atoms with Crippen LogP contribution in [0.4, 0.5) is 4.39 Å². The number of halogens is 1.